The van der Waals surface area contributed by atoms with Crippen molar-refractivity contribution < 1.29 is 19.4 Å². The Morgan fingerprint density at radius 1 is 1.33 bits per heavy atom. The number of carbonyl (C=O) groups is 2. The number of pyridine rings is 1. The summed E-state index contributed by atoms with van der Waals surface area (Å²) in [6.07, 6.45) is 1.47. The van der Waals surface area contributed by atoms with Gasteiger partial charge in [0, 0.05) is 12.4 Å². The lowest BCUT2D eigenvalue weighted by molar-refractivity contribution is -0.141. The van der Waals surface area contributed by atoms with Crippen LogP contribution in [0, 0.1) is 0 Å². The van der Waals surface area contributed by atoms with E-state index in [0.717, 1.165) is 0 Å². The molecule has 1 unspecified atom stereocenters. The van der Waals surface area contributed by atoms with Crippen molar-refractivity contribution in [2.24, 2.45) is 0 Å². The summed E-state index contributed by atoms with van der Waals surface area (Å²) in [5.41, 5.74) is 0.969. The van der Waals surface area contributed by atoms with Crippen molar-refractivity contribution in [3.05, 3.63) is 36.0 Å². The number of amides is 1. The van der Waals surface area contributed by atoms with Gasteiger partial charge in [0.05, 0.1) is 24.4 Å². The van der Waals surface area contributed by atoms with Crippen LogP contribution >= 0.6 is 0 Å². The maximum absolute atomic E-state index is 12.6. The van der Waals surface area contributed by atoms with Crippen LogP contribution in [0.5, 0.6) is 5.75 Å². The quantitative estimate of drug-likeness (QED) is 0.927. The molecule has 1 N–H and O–H groups in total. The molecule has 6 nitrogen and oxygen atoms in total. The van der Waals surface area contributed by atoms with Crippen LogP contribution < -0.4 is 4.74 Å². The third-order valence-corrected chi connectivity index (χ3v) is 3.43. The smallest absolute Gasteiger partial charge is 0.326 e. The average Bonchev–Trinajstić information content (AvgIpc) is 2.51. The minimum atomic E-state index is -1.07. The summed E-state index contributed by atoms with van der Waals surface area (Å²) in [6, 6.07) is 6.22. The second-order valence-corrected chi connectivity index (χ2v) is 4.65. The van der Waals surface area contributed by atoms with Crippen molar-refractivity contribution in [1.82, 2.24) is 9.88 Å². The molecule has 6 heteroatoms. The van der Waals surface area contributed by atoms with Crippen molar-refractivity contribution in [3.63, 3.8) is 0 Å². The summed E-state index contributed by atoms with van der Waals surface area (Å²) in [4.78, 5) is 29.1. The first-order valence-electron chi connectivity index (χ1n) is 6.39. The van der Waals surface area contributed by atoms with E-state index in [-0.39, 0.29) is 0 Å². The highest BCUT2D eigenvalue weighted by atomic mass is 16.5. The first-order valence-corrected chi connectivity index (χ1v) is 6.39. The zero-order valence-corrected chi connectivity index (χ0v) is 12.0. The Bertz CT molecular complexity index is 699. The van der Waals surface area contributed by atoms with Gasteiger partial charge in [0.2, 0.25) is 0 Å². The van der Waals surface area contributed by atoms with E-state index in [1.165, 1.54) is 32.2 Å². The van der Waals surface area contributed by atoms with Crippen LogP contribution in [0.25, 0.3) is 10.9 Å². The molecule has 21 heavy (non-hydrogen) atoms. The SMILES string of the molecule is COc1cnc2ccccc2c1C(=O)N(C)C(C)C(=O)O. The first kappa shape index (κ1) is 14.8. The number of fused-ring (bicyclic) bond motifs is 1. The van der Waals surface area contributed by atoms with Gasteiger partial charge in [0.1, 0.15) is 6.04 Å². The Balaban J connectivity index is 2.58. The van der Waals surface area contributed by atoms with E-state index in [1.807, 2.05) is 6.07 Å². The monoisotopic (exact) mass is 288 g/mol. The Labute approximate surface area is 122 Å². The number of methoxy groups -OCH3 is 1. The molecule has 1 aromatic heterocycles. The number of rotatable bonds is 4. The molecule has 0 aliphatic carbocycles. The number of aliphatic carboxylic acids is 1. The molecule has 0 aliphatic heterocycles. The second-order valence-electron chi connectivity index (χ2n) is 4.65. The third kappa shape index (κ3) is 2.65. The lowest BCUT2D eigenvalue weighted by atomic mass is 10.1. The van der Waals surface area contributed by atoms with E-state index in [0.29, 0.717) is 22.2 Å². The van der Waals surface area contributed by atoms with Crippen LogP contribution in [0.4, 0.5) is 0 Å². The fraction of sp³-hybridized carbons (Fsp3) is 0.267. The van der Waals surface area contributed by atoms with Crippen molar-refractivity contribution >= 4 is 22.8 Å². The molecule has 0 bridgehead atoms. The minimum Gasteiger partial charge on any atom is -0.494 e. The number of carboxylic acids is 1. The van der Waals surface area contributed by atoms with Gasteiger partial charge in [0.15, 0.2) is 5.75 Å². The highest BCUT2D eigenvalue weighted by molar-refractivity contribution is 6.09. The Hall–Kier alpha value is -2.63. The van der Waals surface area contributed by atoms with Crippen LogP contribution in [0.1, 0.15) is 17.3 Å². The Kier molecular flexibility index (Phi) is 4.07. The summed E-state index contributed by atoms with van der Waals surface area (Å²) in [7, 11) is 2.90. The summed E-state index contributed by atoms with van der Waals surface area (Å²) >= 11 is 0. The van der Waals surface area contributed by atoms with Gasteiger partial charge in [-0.15, -0.1) is 0 Å². The molecule has 0 saturated heterocycles. The number of benzene rings is 1. The van der Waals surface area contributed by atoms with E-state index < -0.39 is 17.9 Å². The van der Waals surface area contributed by atoms with E-state index in [1.54, 1.807) is 18.2 Å². The van der Waals surface area contributed by atoms with Crippen LogP contribution in [-0.2, 0) is 4.79 Å². The second kappa shape index (κ2) is 5.78. The average molecular weight is 288 g/mol. The summed E-state index contributed by atoms with van der Waals surface area (Å²) in [5, 5.41) is 9.68. The van der Waals surface area contributed by atoms with Crippen LogP contribution in [0.3, 0.4) is 0 Å². The van der Waals surface area contributed by atoms with Gasteiger partial charge in [-0.2, -0.15) is 0 Å². The fourth-order valence-corrected chi connectivity index (χ4v) is 2.02. The number of hydrogen-bond acceptors (Lipinski definition) is 4. The summed E-state index contributed by atoms with van der Waals surface area (Å²) in [6.45, 7) is 1.45. The molecule has 1 atom stereocenters. The molecule has 1 amide bonds. The normalized spacial score (nSPS) is 12.0. The van der Waals surface area contributed by atoms with Gasteiger partial charge in [0.25, 0.3) is 5.91 Å². The van der Waals surface area contributed by atoms with E-state index in [2.05, 4.69) is 4.98 Å². The molecule has 0 spiro atoms. The van der Waals surface area contributed by atoms with Gasteiger partial charge in [-0.3, -0.25) is 9.78 Å². The van der Waals surface area contributed by atoms with Gasteiger partial charge in [-0.25, -0.2) is 4.79 Å². The molecule has 0 fully saturated rings. The lowest BCUT2D eigenvalue weighted by Gasteiger charge is -2.23. The number of aromatic nitrogens is 1. The molecule has 1 heterocycles. The van der Waals surface area contributed by atoms with Gasteiger partial charge in [-0.1, -0.05) is 18.2 Å². The first-order chi connectivity index (χ1) is 9.97. The van der Waals surface area contributed by atoms with E-state index in [4.69, 9.17) is 9.84 Å². The van der Waals surface area contributed by atoms with Gasteiger partial charge in [-0.05, 0) is 13.0 Å². The standard InChI is InChI=1S/C15H16N2O4/c1-9(15(19)20)17(2)14(18)13-10-6-4-5-7-11(10)16-8-12(13)21-3/h4-9H,1-3H3,(H,19,20). The highest BCUT2D eigenvalue weighted by Gasteiger charge is 2.26. The van der Waals surface area contributed by atoms with Gasteiger partial charge >= 0.3 is 5.97 Å². The zero-order valence-electron chi connectivity index (χ0n) is 12.0. The van der Waals surface area contributed by atoms with Crippen molar-refractivity contribution in [2.45, 2.75) is 13.0 Å². The Morgan fingerprint density at radius 3 is 2.62 bits per heavy atom. The van der Waals surface area contributed by atoms with E-state index in [9.17, 15) is 9.59 Å². The molecule has 110 valence electrons. The van der Waals surface area contributed by atoms with Crippen molar-refractivity contribution in [2.75, 3.05) is 14.2 Å². The van der Waals surface area contributed by atoms with Crippen LogP contribution in [-0.4, -0.2) is 47.1 Å². The number of carboxylic acid groups (broad SMARTS) is 1. The number of nitrogens with zero attached hydrogens (tertiary/aromatic N) is 2. The maximum Gasteiger partial charge on any atom is 0.326 e. The molecule has 0 radical (unpaired) electrons. The van der Waals surface area contributed by atoms with Gasteiger partial charge < -0.3 is 14.7 Å². The molecule has 2 aromatic rings. The molecule has 0 saturated carbocycles. The van der Waals surface area contributed by atoms with Crippen LogP contribution in [0.2, 0.25) is 0 Å². The minimum absolute atomic E-state index is 0.318. The number of ether oxygens (including phenoxy) is 1. The van der Waals surface area contributed by atoms with Crippen molar-refractivity contribution in [3.8, 4) is 5.75 Å². The molecule has 0 aliphatic rings. The number of likely N-dealkylation sites (N-methyl/N-ethyl adjacent to an activating group) is 1. The van der Waals surface area contributed by atoms with Crippen molar-refractivity contribution in [1.29, 1.82) is 0 Å². The number of carbonyl (C=O) groups excluding carboxylic acids is 1. The molecular weight excluding hydrogens is 272 g/mol. The number of para-hydroxylation sites is 1. The number of hydrogen-bond donors (Lipinski definition) is 1. The molecular formula is C15H16N2O4. The third-order valence-electron chi connectivity index (χ3n) is 3.43. The largest absolute Gasteiger partial charge is 0.494 e. The predicted octanol–water partition coefficient (Wildman–Crippen LogP) is 1.79. The molecule has 2 rings (SSSR count). The predicted molar refractivity (Wildman–Crippen MR) is 77.5 cm³/mol. The molecule has 1 aromatic carbocycles. The maximum atomic E-state index is 12.6. The lowest BCUT2D eigenvalue weighted by Crippen LogP contribution is -2.40. The van der Waals surface area contributed by atoms with Crippen LogP contribution in [0.15, 0.2) is 30.5 Å². The Morgan fingerprint density at radius 2 is 2.00 bits per heavy atom. The fourth-order valence-electron chi connectivity index (χ4n) is 2.02. The summed E-state index contributed by atoms with van der Waals surface area (Å²) < 4.78 is 5.21. The highest BCUT2D eigenvalue weighted by Crippen LogP contribution is 2.27. The topological polar surface area (TPSA) is 79.7 Å². The van der Waals surface area contributed by atoms with E-state index >= 15 is 0 Å². The summed E-state index contributed by atoms with van der Waals surface area (Å²) in [5.74, 6) is -1.16. The zero-order chi connectivity index (χ0) is 15.6.